The maximum atomic E-state index is 12.2. The topological polar surface area (TPSA) is 71.3 Å². The monoisotopic (exact) mass is 316 g/mol. The van der Waals surface area contributed by atoms with Gasteiger partial charge in [0, 0.05) is 12.2 Å². The predicted molar refractivity (Wildman–Crippen MR) is 79.6 cm³/mol. The van der Waals surface area contributed by atoms with Gasteiger partial charge in [-0.15, -0.1) is 0 Å². The third-order valence-electron chi connectivity index (χ3n) is 3.20. The van der Waals surface area contributed by atoms with Gasteiger partial charge >= 0.3 is 5.97 Å². The SMILES string of the molecule is CSCC[C@@H](NC(=O)c1cc(Cl)cn1C1CC1)C(=O)O. The van der Waals surface area contributed by atoms with E-state index in [1.807, 2.05) is 10.8 Å². The van der Waals surface area contributed by atoms with E-state index in [1.54, 1.807) is 24.0 Å². The highest BCUT2D eigenvalue weighted by Crippen LogP contribution is 2.37. The van der Waals surface area contributed by atoms with Crippen molar-refractivity contribution in [3.63, 3.8) is 0 Å². The molecule has 1 amide bonds. The smallest absolute Gasteiger partial charge is 0.326 e. The van der Waals surface area contributed by atoms with E-state index >= 15 is 0 Å². The molecular weight excluding hydrogens is 300 g/mol. The van der Waals surface area contributed by atoms with E-state index in [0.29, 0.717) is 28.9 Å². The second-order valence-electron chi connectivity index (χ2n) is 4.83. The maximum absolute atomic E-state index is 12.2. The van der Waals surface area contributed by atoms with Crippen LogP contribution in [0.5, 0.6) is 0 Å². The molecule has 1 aliphatic rings. The van der Waals surface area contributed by atoms with Gasteiger partial charge in [-0.2, -0.15) is 11.8 Å². The van der Waals surface area contributed by atoms with E-state index in [-0.39, 0.29) is 5.91 Å². The first-order chi connectivity index (χ1) is 9.52. The van der Waals surface area contributed by atoms with Gasteiger partial charge in [0.1, 0.15) is 11.7 Å². The van der Waals surface area contributed by atoms with Crippen molar-refractivity contribution in [2.24, 2.45) is 0 Å². The number of carboxylic acid groups (broad SMARTS) is 1. The van der Waals surface area contributed by atoms with Gasteiger partial charge in [0.15, 0.2) is 0 Å². The molecule has 7 heteroatoms. The first-order valence-corrected chi connectivity index (χ1v) is 8.20. The summed E-state index contributed by atoms with van der Waals surface area (Å²) in [5.74, 6) is -0.706. The second-order valence-corrected chi connectivity index (χ2v) is 6.25. The predicted octanol–water partition coefficient (Wildman–Crippen LogP) is 2.41. The van der Waals surface area contributed by atoms with Gasteiger partial charge in [0.2, 0.25) is 0 Å². The van der Waals surface area contributed by atoms with Crippen molar-refractivity contribution >= 4 is 35.2 Å². The number of thioether (sulfide) groups is 1. The van der Waals surface area contributed by atoms with Crippen molar-refractivity contribution in [3.8, 4) is 0 Å². The quantitative estimate of drug-likeness (QED) is 0.810. The molecule has 1 aromatic heterocycles. The van der Waals surface area contributed by atoms with Crippen LogP contribution < -0.4 is 5.32 Å². The molecule has 0 aliphatic heterocycles. The van der Waals surface area contributed by atoms with Gasteiger partial charge in [-0.05, 0) is 37.3 Å². The number of amides is 1. The summed E-state index contributed by atoms with van der Waals surface area (Å²) in [6.45, 7) is 0. The number of rotatable bonds is 7. The van der Waals surface area contributed by atoms with Crippen LogP contribution in [0.25, 0.3) is 0 Å². The molecule has 2 N–H and O–H groups in total. The van der Waals surface area contributed by atoms with Crippen LogP contribution in [0.1, 0.15) is 35.8 Å². The minimum Gasteiger partial charge on any atom is -0.480 e. The number of hydrogen-bond donors (Lipinski definition) is 2. The van der Waals surface area contributed by atoms with Crippen LogP contribution in [0.2, 0.25) is 5.02 Å². The van der Waals surface area contributed by atoms with Crippen LogP contribution in [0, 0.1) is 0 Å². The van der Waals surface area contributed by atoms with Gasteiger partial charge < -0.3 is 15.0 Å². The Hall–Kier alpha value is -1.14. The lowest BCUT2D eigenvalue weighted by molar-refractivity contribution is -0.139. The van der Waals surface area contributed by atoms with E-state index < -0.39 is 12.0 Å². The van der Waals surface area contributed by atoms with Crippen molar-refractivity contribution in [1.82, 2.24) is 9.88 Å². The molecule has 0 saturated heterocycles. The summed E-state index contributed by atoms with van der Waals surface area (Å²) < 4.78 is 1.84. The van der Waals surface area contributed by atoms with Crippen molar-refractivity contribution in [2.45, 2.75) is 31.3 Å². The van der Waals surface area contributed by atoms with E-state index in [2.05, 4.69) is 5.32 Å². The number of halogens is 1. The molecule has 20 heavy (non-hydrogen) atoms. The van der Waals surface area contributed by atoms with E-state index in [4.69, 9.17) is 16.7 Å². The zero-order valence-electron chi connectivity index (χ0n) is 11.1. The largest absolute Gasteiger partial charge is 0.480 e. The first kappa shape index (κ1) is 15.3. The number of carbonyl (C=O) groups excluding carboxylic acids is 1. The zero-order valence-corrected chi connectivity index (χ0v) is 12.7. The molecule has 1 atom stereocenters. The molecule has 0 radical (unpaired) electrons. The average molecular weight is 317 g/mol. The lowest BCUT2D eigenvalue weighted by atomic mass is 10.2. The molecule has 0 unspecified atom stereocenters. The number of carboxylic acids is 1. The Labute approximate surface area is 126 Å². The molecule has 1 heterocycles. The normalized spacial score (nSPS) is 15.9. The van der Waals surface area contributed by atoms with Crippen LogP contribution in [-0.4, -0.2) is 39.6 Å². The van der Waals surface area contributed by atoms with Crippen LogP contribution in [0.3, 0.4) is 0 Å². The van der Waals surface area contributed by atoms with Gasteiger partial charge in [-0.25, -0.2) is 4.79 Å². The third-order valence-corrected chi connectivity index (χ3v) is 4.05. The molecule has 1 aliphatic carbocycles. The van der Waals surface area contributed by atoms with Crippen LogP contribution in [-0.2, 0) is 4.79 Å². The molecule has 1 fully saturated rings. The van der Waals surface area contributed by atoms with Crippen molar-refractivity contribution < 1.29 is 14.7 Å². The summed E-state index contributed by atoms with van der Waals surface area (Å²) in [7, 11) is 0. The zero-order chi connectivity index (χ0) is 14.7. The Morgan fingerprint density at radius 3 is 2.85 bits per heavy atom. The fourth-order valence-corrected chi connectivity index (χ4v) is 2.69. The maximum Gasteiger partial charge on any atom is 0.326 e. The van der Waals surface area contributed by atoms with Gasteiger partial charge in [0.25, 0.3) is 5.91 Å². The number of carbonyl (C=O) groups is 2. The molecule has 1 saturated carbocycles. The number of nitrogens with one attached hydrogen (secondary N) is 1. The highest BCUT2D eigenvalue weighted by Gasteiger charge is 2.29. The molecule has 5 nitrogen and oxygen atoms in total. The Morgan fingerprint density at radius 1 is 1.60 bits per heavy atom. The van der Waals surface area contributed by atoms with Gasteiger partial charge in [0.05, 0.1) is 5.02 Å². The summed E-state index contributed by atoms with van der Waals surface area (Å²) in [5.41, 5.74) is 0.438. The molecule has 0 bridgehead atoms. The Kier molecular flexibility index (Phi) is 4.99. The standard InChI is InChI=1S/C13H17ClN2O3S/c1-20-5-4-10(13(18)19)15-12(17)11-6-8(14)7-16(11)9-2-3-9/h6-7,9-10H,2-5H2,1H3,(H,15,17)(H,18,19)/t10-/m1/s1. The molecule has 0 aromatic carbocycles. The van der Waals surface area contributed by atoms with Crippen LogP contribution >= 0.6 is 23.4 Å². The number of aliphatic carboxylic acids is 1. The van der Waals surface area contributed by atoms with E-state index in [1.165, 1.54) is 0 Å². The minimum atomic E-state index is -1.01. The molecule has 0 spiro atoms. The lowest BCUT2D eigenvalue weighted by Gasteiger charge is -2.15. The summed E-state index contributed by atoms with van der Waals surface area (Å²) in [6, 6.07) is 1.04. The van der Waals surface area contributed by atoms with Gasteiger partial charge in [-0.1, -0.05) is 11.6 Å². The molecule has 2 rings (SSSR count). The van der Waals surface area contributed by atoms with E-state index in [9.17, 15) is 9.59 Å². The molecule has 110 valence electrons. The molecular formula is C13H17ClN2O3S. The van der Waals surface area contributed by atoms with Gasteiger partial charge in [-0.3, -0.25) is 4.79 Å². The minimum absolute atomic E-state index is 0.317. The van der Waals surface area contributed by atoms with Crippen molar-refractivity contribution in [3.05, 3.63) is 23.0 Å². The second kappa shape index (κ2) is 6.54. The van der Waals surface area contributed by atoms with E-state index in [0.717, 1.165) is 12.8 Å². The van der Waals surface area contributed by atoms with Crippen LogP contribution in [0.15, 0.2) is 12.3 Å². The highest BCUT2D eigenvalue weighted by molar-refractivity contribution is 7.98. The summed E-state index contributed by atoms with van der Waals surface area (Å²) >= 11 is 7.50. The average Bonchev–Trinajstić information content (AvgIpc) is 3.16. The fraction of sp³-hybridized carbons (Fsp3) is 0.538. The number of aromatic nitrogens is 1. The summed E-state index contributed by atoms with van der Waals surface area (Å²) in [6.07, 6.45) is 6.09. The Bertz CT molecular complexity index is 514. The highest BCUT2D eigenvalue weighted by atomic mass is 35.5. The van der Waals surface area contributed by atoms with Crippen molar-refractivity contribution in [1.29, 1.82) is 0 Å². The third kappa shape index (κ3) is 3.70. The van der Waals surface area contributed by atoms with Crippen molar-refractivity contribution in [2.75, 3.05) is 12.0 Å². The number of hydrogen-bond acceptors (Lipinski definition) is 3. The first-order valence-electron chi connectivity index (χ1n) is 6.43. The Balaban J connectivity index is 2.08. The lowest BCUT2D eigenvalue weighted by Crippen LogP contribution is -2.41. The summed E-state index contributed by atoms with van der Waals surface area (Å²) in [5, 5.41) is 12.2. The Morgan fingerprint density at radius 2 is 2.30 bits per heavy atom. The van der Waals surface area contributed by atoms with Crippen LogP contribution in [0.4, 0.5) is 0 Å². The fourth-order valence-electron chi connectivity index (χ4n) is 2.01. The summed E-state index contributed by atoms with van der Waals surface area (Å²) in [4.78, 5) is 23.4. The molecule has 1 aromatic rings. The number of nitrogens with zero attached hydrogens (tertiary/aromatic N) is 1.